The van der Waals surface area contributed by atoms with Crippen molar-refractivity contribution in [3.63, 3.8) is 0 Å². The van der Waals surface area contributed by atoms with Gasteiger partial charge in [0, 0.05) is 13.6 Å². The van der Waals surface area contributed by atoms with Crippen LogP contribution in [0.4, 0.5) is 4.79 Å². The lowest BCUT2D eigenvalue weighted by molar-refractivity contribution is -0.139. The van der Waals surface area contributed by atoms with Gasteiger partial charge in [-0.3, -0.25) is 0 Å². The molecule has 0 aliphatic carbocycles. The molecular formula is C15H16N2O3S. The molecule has 2 aromatic rings. The highest BCUT2D eigenvalue weighted by Gasteiger charge is 2.23. The van der Waals surface area contributed by atoms with Crippen molar-refractivity contribution < 1.29 is 14.7 Å². The Bertz CT molecular complexity index is 599. The molecule has 5 nitrogen and oxygen atoms in total. The number of benzene rings is 1. The first-order valence-corrected chi connectivity index (χ1v) is 7.32. The van der Waals surface area contributed by atoms with Crippen molar-refractivity contribution in [1.82, 2.24) is 10.2 Å². The third-order valence-electron chi connectivity index (χ3n) is 2.99. The maximum atomic E-state index is 12.1. The van der Waals surface area contributed by atoms with Crippen LogP contribution in [-0.4, -0.2) is 29.1 Å². The van der Waals surface area contributed by atoms with E-state index in [0.29, 0.717) is 12.1 Å². The molecule has 1 heterocycles. The Morgan fingerprint density at radius 3 is 2.57 bits per heavy atom. The first-order chi connectivity index (χ1) is 10.1. The van der Waals surface area contributed by atoms with Gasteiger partial charge in [-0.05, 0) is 28.0 Å². The van der Waals surface area contributed by atoms with Crippen molar-refractivity contribution in [1.29, 1.82) is 0 Å². The molecule has 0 bridgehead atoms. The van der Waals surface area contributed by atoms with Crippen LogP contribution in [0.15, 0.2) is 47.2 Å². The summed E-state index contributed by atoms with van der Waals surface area (Å²) in [7, 11) is 1.64. The highest BCUT2D eigenvalue weighted by atomic mass is 32.1. The smallest absolute Gasteiger partial charge is 0.330 e. The molecule has 6 heteroatoms. The van der Waals surface area contributed by atoms with Gasteiger partial charge in [0.25, 0.3) is 0 Å². The second kappa shape index (κ2) is 6.90. The van der Waals surface area contributed by atoms with Crippen LogP contribution < -0.4 is 5.32 Å². The molecule has 0 saturated carbocycles. The molecule has 1 aromatic carbocycles. The number of thiophene rings is 1. The topological polar surface area (TPSA) is 69.6 Å². The number of amides is 2. The number of nitrogens with zero attached hydrogens (tertiary/aromatic N) is 1. The van der Waals surface area contributed by atoms with E-state index in [1.807, 2.05) is 16.8 Å². The Morgan fingerprint density at radius 1 is 1.29 bits per heavy atom. The van der Waals surface area contributed by atoms with E-state index in [9.17, 15) is 14.7 Å². The lowest BCUT2D eigenvalue weighted by Crippen LogP contribution is -2.41. The molecule has 0 aliphatic heterocycles. The number of rotatable bonds is 5. The maximum absolute atomic E-state index is 12.1. The summed E-state index contributed by atoms with van der Waals surface area (Å²) in [5, 5.41) is 15.7. The summed E-state index contributed by atoms with van der Waals surface area (Å²) in [6.45, 7) is 0.441. The van der Waals surface area contributed by atoms with Crippen molar-refractivity contribution >= 4 is 23.3 Å². The second-order valence-electron chi connectivity index (χ2n) is 4.62. The number of carboxylic acid groups (broad SMARTS) is 1. The average molecular weight is 304 g/mol. The van der Waals surface area contributed by atoms with E-state index >= 15 is 0 Å². The number of nitrogens with one attached hydrogen (secondary N) is 1. The lowest BCUT2D eigenvalue weighted by Gasteiger charge is -2.21. The monoisotopic (exact) mass is 304 g/mol. The summed E-state index contributed by atoms with van der Waals surface area (Å²) < 4.78 is 0. The summed E-state index contributed by atoms with van der Waals surface area (Å²) >= 11 is 1.56. The summed E-state index contributed by atoms with van der Waals surface area (Å²) in [6, 6.07) is 9.10. The van der Waals surface area contributed by atoms with Gasteiger partial charge < -0.3 is 15.3 Å². The van der Waals surface area contributed by atoms with Crippen molar-refractivity contribution in [3.05, 3.63) is 58.3 Å². The number of aliphatic carboxylic acids is 1. The fourth-order valence-electron chi connectivity index (χ4n) is 1.90. The van der Waals surface area contributed by atoms with E-state index in [1.165, 1.54) is 4.90 Å². The normalized spacial score (nSPS) is 11.7. The standard InChI is InChI=1S/C15H16N2O3S/c1-17(9-11-7-8-21-10-11)15(20)16-13(14(18)19)12-5-3-2-4-6-12/h2-8,10,13H,9H2,1H3,(H,16,20)(H,18,19). The van der Waals surface area contributed by atoms with Gasteiger partial charge in [-0.25, -0.2) is 9.59 Å². The van der Waals surface area contributed by atoms with Gasteiger partial charge in [0.2, 0.25) is 0 Å². The Kier molecular flexibility index (Phi) is 4.94. The van der Waals surface area contributed by atoms with Crippen LogP contribution in [0.3, 0.4) is 0 Å². The maximum Gasteiger partial charge on any atom is 0.330 e. The third kappa shape index (κ3) is 4.06. The molecule has 1 aromatic heterocycles. The minimum Gasteiger partial charge on any atom is -0.479 e. The Balaban J connectivity index is 2.03. The molecule has 0 fully saturated rings. The zero-order chi connectivity index (χ0) is 15.2. The molecule has 0 spiro atoms. The Hall–Kier alpha value is -2.34. The molecule has 0 radical (unpaired) electrons. The average Bonchev–Trinajstić information content (AvgIpc) is 2.98. The van der Waals surface area contributed by atoms with Crippen LogP contribution in [0.25, 0.3) is 0 Å². The quantitative estimate of drug-likeness (QED) is 0.892. The van der Waals surface area contributed by atoms with E-state index in [-0.39, 0.29) is 0 Å². The predicted molar refractivity (Wildman–Crippen MR) is 81.1 cm³/mol. The second-order valence-corrected chi connectivity index (χ2v) is 5.40. The fourth-order valence-corrected chi connectivity index (χ4v) is 2.55. The largest absolute Gasteiger partial charge is 0.479 e. The molecule has 110 valence electrons. The third-order valence-corrected chi connectivity index (χ3v) is 3.73. The van der Waals surface area contributed by atoms with Crippen molar-refractivity contribution in [2.75, 3.05) is 7.05 Å². The van der Waals surface area contributed by atoms with Gasteiger partial charge in [-0.1, -0.05) is 30.3 Å². The Labute approximate surface area is 126 Å². The zero-order valence-corrected chi connectivity index (χ0v) is 12.3. The van der Waals surface area contributed by atoms with Crippen LogP contribution >= 0.6 is 11.3 Å². The summed E-state index contributed by atoms with van der Waals surface area (Å²) in [5.41, 5.74) is 1.56. The molecule has 2 N–H and O–H groups in total. The van der Waals surface area contributed by atoms with Crippen molar-refractivity contribution in [2.24, 2.45) is 0 Å². The summed E-state index contributed by atoms with van der Waals surface area (Å²) in [6.07, 6.45) is 0. The van der Waals surface area contributed by atoms with Gasteiger partial charge in [0.15, 0.2) is 6.04 Å². The molecule has 1 unspecified atom stereocenters. The van der Waals surface area contributed by atoms with Crippen LogP contribution in [0.1, 0.15) is 17.2 Å². The highest BCUT2D eigenvalue weighted by molar-refractivity contribution is 7.07. The number of carbonyl (C=O) groups is 2. The number of carboxylic acids is 1. The van der Waals surface area contributed by atoms with Crippen LogP contribution in [-0.2, 0) is 11.3 Å². The minimum absolute atomic E-state index is 0.419. The first-order valence-electron chi connectivity index (χ1n) is 6.38. The number of urea groups is 1. The van der Waals surface area contributed by atoms with Gasteiger partial charge in [0.1, 0.15) is 0 Å². The highest BCUT2D eigenvalue weighted by Crippen LogP contribution is 2.14. The Morgan fingerprint density at radius 2 is 2.00 bits per heavy atom. The first kappa shape index (κ1) is 15.1. The zero-order valence-electron chi connectivity index (χ0n) is 11.5. The minimum atomic E-state index is -1.08. The number of hydrogen-bond donors (Lipinski definition) is 2. The number of carbonyl (C=O) groups excluding carboxylic acids is 1. The summed E-state index contributed by atoms with van der Waals surface area (Å²) in [4.78, 5) is 24.9. The van der Waals surface area contributed by atoms with Gasteiger partial charge in [-0.15, -0.1) is 0 Å². The molecule has 2 rings (SSSR count). The van der Waals surface area contributed by atoms with Crippen molar-refractivity contribution in [2.45, 2.75) is 12.6 Å². The molecule has 21 heavy (non-hydrogen) atoms. The SMILES string of the molecule is CN(Cc1ccsc1)C(=O)NC(C(=O)O)c1ccccc1. The van der Waals surface area contributed by atoms with Crippen LogP contribution in [0.5, 0.6) is 0 Å². The molecule has 1 atom stereocenters. The van der Waals surface area contributed by atoms with E-state index in [0.717, 1.165) is 5.56 Å². The molecule has 0 saturated heterocycles. The van der Waals surface area contributed by atoms with Crippen molar-refractivity contribution in [3.8, 4) is 0 Å². The molecule has 2 amide bonds. The van der Waals surface area contributed by atoms with E-state index in [1.54, 1.807) is 48.7 Å². The van der Waals surface area contributed by atoms with Crippen LogP contribution in [0, 0.1) is 0 Å². The van der Waals surface area contributed by atoms with Gasteiger partial charge in [-0.2, -0.15) is 11.3 Å². The van der Waals surface area contributed by atoms with Gasteiger partial charge >= 0.3 is 12.0 Å². The van der Waals surface area contributed by atoms with E-state index in [2.05, 4.69) is 5.32 Å². The summed E-state index contributed by atoms with van der Waals surface area (Å²) in [5.74, 6) is -1.08. The van der Waals surface area contributed by atoms with Crippen LogP contribution in [0.2, 0.25) is 0 Å². The lowest BCUT2D eigenvalue weighted by atomic mass is 10.1. The predicted octanol–water partition coefficient (Wildman–Crippen LogP) is 2.72. The van der Waals surface area contributed by atoms with Gasteiger partial charge in [0.05, 0.1) is 0 Å². The van der Waals surface area contributed by atoms with E-state index < -0.39 is 18.0 Å². The fraction of sp³-hybridized carbons (Fsp3) is 0.200. The molecular weight excluding hydrogens is 288 g/mol. The number of hydrogen-bond acceptors (Lipinski definition) is 3. The van der Waals surface area contributed by atoms with E-state index in [4.69, 9.17) is 0 Å². The molecule has 0 aliphatic rings.